The predicted molar refractivity (Wildman–Crippen MR) is 149 cm³/mol. The largest absolute Gasteiger partial charge is 0.480 e. The lowest BCUT2D eigenvalue weighted by molar-refractivity contribution is -0.118. The van der Waals surface area contributed by atoms with E-state index in [2.05, 4.69) is 45.8 Å². The Morgan fingerprint density at radius 2 is 2.00 bits per heavy atom. The Bertz CT molecular complexity index is 1400. The van der Waals surface area contributed by atoms with E-state index in [1.165, 1.54) is 4.90 Å². The van der Waals surface area contributed by atoms with Gasteiger partial charge in [0, 0.05) is 31.3 Å². The van der Waals surface area contributed by atoms with E-state index in [0.29, 0.717) is 49.3 Å². The number of hydrogen-bond acceptors (Lipinski definition) is 9. The van der Waals surface area contributed by atoms with Crippen LogP contribution in [0, 0.1) is 0 Å². The van der Waals surface area contributed by atoms with Gasteiger partial charge < -0.3 is 29.7 Å². The lowest BCUT2D eigenvalue weighted by Gasteiger charge is -2.19. The van der Waals surface area contributed by atoms with Crippen molar-refractivity contribution in [2.24, 2.45) is 0 Å². The first kappa shape index (κ1) is 26.0. The lowest BCUT2D eigenvalue weighted by atomic mass is 10.1. The van der Waals surface area contributed by atoms with Crippen molar-refractivity contribution in [2.45, 2.75) is 31.6 Å². The van der Waals surface area contributed by atoms with Crippen molar-refractivity contribution >= 4 is 23.6 Å². The Balaban J connectivity index is 0.997. The van der Waals surface area contributed by atoms with Crippen molar-refractivity contribution in [3.8, 4) is 22.9 Å². The number of pyridine rings is 2. The van der Waals surface area contributed by atoms with Gasteiger partial charge in [0.25, 0.3) is 5.91 Å². The molecule has 0 saturated carbocycles. The molecule has 2 aromatic heterocycles. The predicted octanol–water partition coefficient (Wildman–Crippen LogP) is 3.06. The van der Waals surface area contributed by atoms with Crippen LogP contribution in [0.5, 0.6) is 11.6 Å². The van der Waals surface area contributed by atoms with Crippen molar-refractivity contribution in [2.75, 3.05) is 50.1 Å². The van der Waals surface area contributed by atoms with Crippen LogP contribution < -0.4 is 25.0 Å². The third kappa shape index (κ3) is 6.00. The molecule has 0 spiro atoms. The summed E-state index contributed by atoms with van der Waals surface area (Å²) in [6, 6.07) is 17.6. The maximum absolute atomic E-state index is 12.5. The van der Waals surface area contributed by atoms with Crippen LogP contribution in [0.2, 0.25) is 0 Å². The van der Waals surface area contributed by atoms with Gasteiger partial charge in [-0.05, 0) is 56.3 Å². The summed E-state index contributed by atoms with van der Waals surface area (Å²) in [6.07, 6.45) is 1.14. The SMILES string of the molecule is CN1CC[C@@H](Oc2cccc(-c3cccc(CNCC[C@H]4CN(c5ccc6c(n5)NC(=O)CO6)C(=O)O4)c3)n2)C1. The smallest absolute Gasteiger partial charge is 0.415 e. The molecule has 5 heterocycles. The summed E-state index contributed by atoms with van der Waals surface area (Å²) in [6.45, 7) is 3.66. The van der Waals surface area contributed by atoms with Gasteiger partial charge in [0.2, 0.25) is 5.88 Å². The summed E-state index contributed by atoms with van der Waals surface area (Å²) < 4.78 is 17.0. The van der Waals surface area contributed by atoms with E-state index in [9.17, 15) is 9.59 Å². The second-order valence-corrected chi connectivity index (χ2v) is 10.3. The highest BCUT2D eigenvalue weighted by Gasteiger charge is 2.33. The van der Waals surface area contributed by atoms with Crippen LogP contribution >= 0.6 is 0 Å². The number of likely N-dealkylation sites (tertiary alicyclic amines) is 1. The molecule has 3 aliphatic heterocycles. The van der Waals surface area contributed by atoms with Gasteiger partial charge in [-0.25, -0.2) is 14.8 Å². The first-order chi connectivity index (χ1) is 19.5. The first-order valence-electron chi connectivity index (χ1n) is 13.5. The number of likely N-dealkylation sites (N-methyl/N-ethyl adjacent to an activating group) is 1. The van der Waals surface area contributed by atoms with E-state index < -0.39 is 6.09 Å². The number of ether oxygens (including phenoxy) is 3. The van der Waals surface area contributed by atoms with Crippen LogP contribution in [-0.4, -0.2) is 78.9 Å². The van der Waals surface area contributed by atoms with Crippen LogP contribution in [0.25, 0.3) is 11.3 Å². The molecule has 2 amide bonds. The second kappa shape index (κ2) is 11.5. The zero-order valence-electron chi connectivity index (χ0n) is 22.3. The Labute approximate surface area is 232 Å². The molecule has 0 aliphatic carbocycles. The van der Waals surface area contributed by atoms with Gasteiger partial charge in [-0.15, -0.1) is 0 Å². The van der Waals surface area contributed by atoms with Crippen molar-refractivity contribution in [1.29, 1.82) is 0 Å². The summed E-state index contributed by atoms with van der Waals surface area (Å²) in [5.41, 5.74) is 3.05. The number of amides is 2. The van der Waals surface area contributed by atoms with Gasteiger partial charge in [0.05, 0.1) is 12.2 Å². The van der Waals surface area contributed by atoms with Gasteiger partial charge in [-0.2, -0.15) is 0 Å². The van der Waals surface area contributed by atoms with Crippen LogP contribution in [0.1, 0.15) is 18.4 Å². The van der Waals surface area contributed by atoms with Crippen LogP contribution in [-0.2, 0) is 16.1 Å². The zero-order valence-corrected chi connectivity index (χ0v) is 22.3. The molecule has 0 bridgehead atoms. The molecule has 2 atom stereocenters. The number of carbonyl (C=O) groups excluding carboxylic acids is 2. The molecular formula is C29H32N6O5. The maximum atomic E-state index is 12.5. The van der Waals surface area contributed by atoms with E-state index in [4.69, 9.17) is 19.2 Å². The average Bonchev–Trinajstić information content (AvgIpc) is 3.55. The number of anilines is 2. The Hall–Kier alpha value is -4.22. The van der Waals surface area contributed by atoms with Crippen molar-refractivity contribution < 1.29 is 23.8 Å². The summed E-state index contributed by atoms with van der Waals surface area (Å²) >= 11 is 0. The maximum Gasteiger partial charge on any atom is 0.415 e. The Morgan fingerprint density at radius 1 is 1.10 bits per heavy atom. The first-order valence-corrected chi connectivity index (χ1v) is 13.5. The topological polar surface area (TPSA) is 118 Å². The summed E-state index contributed by atoms with van der Waals surface area (Å²) in [5, 5.41) is 6.11. The normalized spacial score (nSPS) is 20.6. The van der Waals surface area contributed by atoms with E-state index in [1.807, 2.05) is 24.3 Å². The number of carbonyl (C=O) groups is 2. The molecule has 2 N–H and O–H groups in total. The molecular weight excluding hydrogens is 512 g/mol. The zero-order chi connectivity index (χ0) is 27.5. The average molecular weight is 545 g/mol. The van der Waals surface area contributed by atoms with E-state index >= 15 is 0 Å². The summed E-state index contributed by atoms with van der Waals surface area (Å²) in [5.74, 6) is 1.59. The summed E-state index contributed by atoms with van der Waals surface area (Å²) in [7, 11) is 2.11. The molecule has 6 rings (SSSR count). The number of aromatic nitrogens is 2. The van der Waals surface area contributed by atoms with Crippen molar-refractivity contribution in [3.05, 3.63) is 60.2 Å². The number of fused-ring (bicyclic) bond motifs is 1. The number of nitrogens with one attached hydrogen (secondary N) is 2. The van der Waals surface area contributed by atoms with Crippen LogP contribution in [0.15, 0.2) is 54.6 Å². The van der Waals surface area contributed by atoms with E-state index in [1.54, 1.807) is 12.1 Å². The molecule has 11 nitrogen and oxygen atoms in total. The van der Waals surface area contributed by atoms with Gasteiger partial charge in [-0.3, -0.25) is 9.69 Å². The Kier molecular flexibility index (Phi) is 7.47. The molecule has 3 aromatic rings. The molecule has 0 radical (unpaired) electrons. The van der Waals surface area contributed by atoms with Gasteiger partial charge in [0.15, 0.2) is 18.2 Å². The van der Waals surface area contributed by atoms with Gasteiger partial charge in [-0.1, -0.05) is 24.3 Å². The minimum absolute atomic E-state index is 0.0449. The highest BCUT2D eigenvalue weighted by atomic mass is 16.6. The quantitative estimate of drug-likeness (QED) is 0.392. The third-order valence-corrected chi connectivity index (χ3v) is 7.16. The molecule has 3 aliphatic rings. The standard InChI is InChI=1S/C29H32N6O5/c1-34-13-11-22(16-34)39-27-7-3-6-23(31-27)20-5-2-4-19(14-20)15-30-12-10-21-17-35(29(37)40-21)25-9-8-24-28(32-25)33-26(36)18-38-24/h2-9,14,21-22,30H,10-13,15-18H2,1H3,(H,32,33,36)/t21-,22+/m0/s1. The number of nitrogens with zero attached hydrogens (tertiary/aromatic N) is 4. The molecule has 208 valence electrons. The number of cyclic esters (lactones) is 1. The molecule has 11 heteroatoms. The minimum Gasteiger partial charge on any atom is -0.480 e. The highest BCUT2D eigenvalue weighted by Crippen LogP contribution is 2.30. The molecule has 0 unspecified atom stereocenters. The fourth-order valence-corrected chi connectivity index (χ4v) is 5.10. The molecule has 2 fully saturated rings. The van der Waals surface area contributed by atoms with Gasteiger partial charge >= 0.3 is 6.09 Å². The molecule has 40 heavy (non-hydrogen) atoms. The van der Waals surface area contributed by atoms with Crippen molar-refractivity contribution in [1.82, 2.24) is 20.2 Å². The van der Waals surface area contributed by atoms with Gasteiger partial charge in [0.1, 0.15) is 18.0 Å². The fourth-order valence-electron chi connectivity index (χ4n) is 5.10. The van der Waals surface area contributed by atoms with Crippen LogP contribution in [0.4, 0.5) is 16.4 Å². The number of hydrogen-bond donors (Lipinski definition) is 2. The fraction of sp³-hybridized carbons (Fsp3) is 0.379. The lowest BCUT2D eigenvalue weighted by Crippen LogP contribution is -2.29. The van der Waals surface area contributed by atoms with Crippen LogP contribution in [0.3, 0.4) is 0 Å². The molecule has 2 saturated heterocycles. The highest BCUT2D eigenvalue weighted by molar-refractivity contribution is 5.95. The van der Waals surface area contributed by atoms with E-state index in [0.717, 1.165) is 36.3 Å². The van der Waals surface area contributed by atoms with E-state index in [-0.39, 0.29) is 24.7 Å². The minimum atomic E-state index is -0.452. The Morgan fingerprint density at radius 3 is 2.88 bits per heavy atom. The number of rotatable bonds is 9. The second-order valence-electron chi connectivity index (χ2n) is 10.3. The van der Waals surface area contributed by atoms with Crippen molar-refractivity contribution in [3.63, 3.8) is 0 Å². The molecule has 1 aromatic carbocycles. The number of benzene rings is 1. The third-order valence-electron chi connectivity index (χ3n) is 7.16. The summed E-state index contributed by atoms with van der Waals surface area (Å²) in [4.78, 5) is 36.9. The monoisotopic (exact) mass is 544 g/mol.